The average Bonchev–Trinajstić information content (AvgIpc) is 3.18. The zero-order valence-corrected chi connectivity index (χ0v) is 20.3. The maximum Gasteiger partial charge on any atom is 0.234 e. The fourth-order valence-electron chi connectivity index (χ4n) is 2.94. The highest BCUT2D eigenvalue weighted by molar-refractivity contribution is 8.03. The Hall–Kier alpha value is -2.36. The molecule has 0 saturated carbocycles. The minimum Gasteiger partial charge on any atom is -0.325 e. The van der Waals surface area contributed by atoms with E-state index in [1.807, 2.05) is 64.1 Å². The number of hydrogen-bond acceptors (Lipinski definition) is 7. The minimum atomic E-state index is -0.0835. The average molecular weight is 473 g/mol. The molecule has 3 aromatic rings. The van der Waals surface area contributed by atoms with Gasteiger partial charge in [-0.25, -0.2) is 0 Å². The highest BCUT2D eigenvalue weighted by Crippen LogP contribution is 2.29. The van der Waals surface area contributed by atoms with Gasteiger partial charge in [0.15, 0.2) is 8.68 Å². The van der Waals surface area contributed by atoms with Crippen molar-refractivity contribution in [3.8, 4) is 0 Å². The molecule has 2 N–H and O–H groups in total. The Morgan fingerprint density at radius 1 is 0.742 bits per heavy atom. The first-order valence-electron chi connectivity index (χ1n) is 9.64. The lowest BCUT2D eigenvalue weighted by atomic mass is 10.1. The molecule has 31 heavy (non-hydrogen) atoms. The lowest BCUT2D eigenvalue weighted by molar-refractivity contribution is -0.114. The molecule has 1 aromatic heterocycles. The quantitative estimate of drug-likeness (QED) is 0.437. The Labute approximate surface area is 194 Å². The topological polar surface area (TPSA) is 84.0 Å². The van der Waals surface area contributed by atoms with Crippen molar-refractivity contribution < 1.29 is 9.59 Å². The van der Waals surface area contributed by atoms with Gasteiger partial charge in [0.1, 0.15) is 0 Å². The zero-order chi connectivity index (χ0) is 22.4. The van der Waals surface area contributed by atoms with Crippen molar-refractivity contribution in [2.75, 3.05) is 22.1 Å². The number of thioether (sulfide) groups is 2. The molecule has 2 amide bonds. The van der Waals surface area contributed by atoms with Gasteiger partial charge in [-0.05, 0) is 49.9 Å². The van der Waals surface area contributed by atoms with Crippen LogP contribution in [0, 0.1) is 27.7 Å². The summed E-state index contributed by atoms with van der Waals surface area (Å²) in [7, 11) is 0. The van der Waals surface area contributed by atoms with E-state index in [0.717, 1.165) is 33.6 Å². The largest absolute Gasteiger partial charge is 0.325 e. The summed E-state index contributed by atoms with van der Waals surface area (Å²) in [5.74, 6) is 0.333. The number of hydrogen-bond donors (Lipinski definition) is 2. The van der Waals surface area contributed by atoms with Gasteiger partial charge in [0, 0.05) is 11.4 Å². The first-order valence-corrected chi connectivity index (χ1v) is 12.4. The number of nitrogens with zero attached hydrogens (tertiary/aromatic N) is 2. The normalized spacial score (nSPS) is 10.7. The molecule has 0 aliphatic heterocycles. The van der Waals surface area contributed by atoms with Crippen LogP contribution >= 0.6 is 34.9 Å². The Kier molecular flexibility index (Phi) is 8.11. The summed E-state index contributed by atoms with van der Waals surface area (Å²) in [6, 6.07) is 11.8. The number of aryl methyl sites for hydroxylation is 4. The van der Waals surface area contributed by atoms with Crippen molar-refractivity contribution in [2.24, 2.45) is 0 Å². The molecule has 3 rings (SSSR count). The molecule has 0 spiro atoms. The fraction of sp³-hybridized carbons (Fsp3) is 0.273. The number of amides is 2. The van der Waals surface area contributed by atoms with E-state index < -0.39 is 0 Å². The van der Waals surface area contributed by atoms with Gasteiger partial charge in [0.2, 0.25) is 11.8 Å². The minimum absolute atomic E-state index is 0.0835. The molecule has 0 aliphatic rings. The number of rotatable bonds is 8. The summed E-state index contributed by atoms with van der Waals surface area (Å²) in [4.78, 5) is 24.6. The molecule has 0 aliphatic carbocycles. The van der Waals surface area contributed by atoms with Crippen LogP contribution in [0.2, 0.25) is 0 Å². The summed E-state index contributed by atoms with van der Waals surface area (Å²) in [5, 5.41) is 14.2. The van der Waals surface area contributed by atoms with Crippen LogP contribution < -0.4 is 10.6 Å². The number of carbonyl (C=O) groups is 2. The molecule has 9 heteroatoms. The Balaban J connectivity index is 1.47. The molecule has 6 nitrogen and oxygen atoms in total. The number of nitrogens with one attached hydrogen (secondary N) is 2. The maximum absolute atomic E-state index is 12.3. The van der Waals surface area contributed by atoms with Gasteiger partial charge in [-0.3, -0.25) is 9.59 Å². The molecular weight excluding hydrogens is 448 g/mol. The molecule has 0 fully saturated rings. The second-order valence-corrected chi connectivity index (χ2v) is 10.5. The number of para-hydroxylation sites is 2. The van der Waals surface area contributed by atoms with Crippen molar-refractivity contribution in [1.82, 2.24) is 10.2 Å². The monoisotopic (exact) mass is 472 g/mol. The van der Waals surface area contributed by atoms with E-state index in [2.05, 4.69) is 20.8 Å². The number of benzene rings is 2. The van der Waals surface area contributed by atoms with Crippen LogP contribution in [0.15, 0.2) is 45.1 Å². The second kappa shape index (κ2) is 10.8. The van der Waals surface area contributed by atoms with E-state index in [4.69, 9.17) is 0 Å². The van der Waals surface area contributed by atoms with Crippen molar-refractivity contribution >= 4 is 58.0 Å². The van der Waals surface area contributed by atoms with E-state index in [1.54, 1.807) is 0 Å². The molecule has 0 atom stereocenters. The summed E-state index contributed by atoms with van der Waals surface area (Å²) >= 11 is 4.07. The number of anilines is 2. The molecule has 0 saturated heterocycles. The summed E-state index contributed by atoms with van der Waals surface area (Å²) in [6.07, 6.45) is 0. The highest BCUT2D eigenvalue weighted by atomic mass is 32.2. The van der Waals surface area contributed by atoms with Crippen LogP contribution in [0.25, 0.3) is 0 Å². The van der Waals surface area contributed by atoms with Gasteiger partial charge in [0.25, 0.3) is 0 Å². The SMILES string of the molecule is Cc1cccc(C)c1NC(=O)CSc1nnc(SCC(=O)Nc2c(C)cccc2C)s1. The number of aromatic nitrogens is 2. The van der Waals surface area contributed by atoms with Gasteiger partial charge >= 0.3 is 0 Å². The van der Waals surface area contributed by atoms with Gasteiger partial charge in [-0.1, -0.05) is 71.3 Å². The Bertz CT molecular complexity index is 974. The Morgan fingerprint density at radius 3 is 1.45 bits per heavy atom. The van der Waals surface area contributed by atoms with E-state index in [-0.39, 0.29) is 23.3 Å². The van der Waals surface area contributed by atoms with Gasteiger partial charge in [-0.2, -0.15) is 0 Å². The van der Waals surface area contributed by atoms with Crippen LogP contribution in [0.5, 0.6) is 0 Å². The van der Waals surface area contributed by atoms with Crippen LogP contribution in [-0.4, -0.2) is 33.5 Å². The fourth-order valence-corrected chi connectivity index (χ4v) is 5.56. The van der Waals surface area contributed by atoms with Crippen molar-refractivity contribution in [3.63, 3.8) is 0 Å². The van der Waals surface area contributed by atoms with Gasteiger partial charge in [-0.15, -0.1) is 10.2 Å². The van der Waals surface area contributed by atoms with Crippen LogP contribution in [0.3, 0.4) is 0 Å². The predicted molar refractivity (Wildman–Crippen MR) is 130 cm³/mol. The molecule has 0 bridgehead atoms. The summed E-state index contributed by atoms with van der Waals surface area (Å²) < 4.78 is 1.41. The van der Waals surface area contributed by atoms with Crippen molar-refractivity contribution in [1.29, 1.82) is 0 Å². The molecule has 0 unspecified atom stereocenters. The summed E-state index contributed by atoms with van der Waals surface area (Å²) in [5.41, 5.74) is 5.85. The lowest BCUT2D eigenvalue weighted by Crippen LogP contribution is -2.15. The van der Waals surface area contributed by atoms with E-state index in [9.17, 15) is 9.59 Å². The lowest BCUT2D eigenvalue weighted by Gasteiger charge is -2.10. The standard InChI is InChI=1S/C22H24N4O2S3/c1-13-7-5-8-14(2)19(13)23-17(27)11-29-21-25-26-22(31-21)30-12-18(28)24-20-15(3)9-6-10-16(20)4/h5-10H,11-12H2,1-4H3,(H,23,27)(H,24,28). The predicted octanol–water partition coefficient (Wildman–Crippen LogP) is 5.23. The highest BCUT2D eigenvalue weighted by Gasteiger charge is 2.13. The molecule has 2 aromatic carbocycles. The third-order valence-corrected chi connectivity index (χ3v) is 7.72. The zero-order valence-electron chi connectivity index (χ0n) is 17.8. The van der Waals surface area contributed by atoms with Gasteiger partial charge < -0.3 is 10.6 Å². The summed E-state index contributed by atoms with van der Waals surface area (Å²) in [6.45, 7) is 7.89. The van der Waals surface area contributed by atoms with Crippen LogP contribution in [0.1, 0.15) is 22.3 Å². The van der Waals surface area contributed by atoms with Crippen molar-refractivity contribution in [2.45, 2.75) is 36.4 Å². The molecular formula is C22H24N4O2S3. The third kappa shape index (κ3) is 6.56. The first kappa shape index (κ1) is 23.3. The van der Waals surface area contributed by atoms with Gasteiger partial charge in [0.05, 0.1) is 11.5 Å². The van der Waals surface area contributed by atoms with E-state index >= 15 is 0 Å². The van der Waals surface area contributed by atoms with E-state index in [1.165, 1.54) is 34.9 Å². The molecule has 162 valence electrons. The third-order valence-electron chi connectivity index (χ3n) is 4.53. The number of carbonyl (C=O) groups excluding carboxylic acids is 2. The van der Waals surface area contributed by atoms with Crippen LogP contribution in [-0.2, 0) is 9.59 Å². The molecule has 1 heterocycles. The molecule has 0 radical (unpaired) electrons. The Morgan fingerprint density at radius 2 is 1.10 bits per heavy atom. The smallest absolute Gasteiger partial charge is 0.234 e. The maximum atomic E-state index is 12.3. The van der Waals surface area contributed by atoms with E-state index in [0.29, 0.717) is 8.68 Å². The second-order valence-electron chi connectivity index (χ2n) is 7.04. The van der Waals surface area contributed by atoms with Crippen molar-refractivity contribution in [3.05, 3.63) is 58.7 Å². The van der Waals surface area contributed by atoms with Crippen LogP contribution in [0.4, 0.5) is 11.4 Å². The first-order chi connectivity index (χ1) is 14.8.